The molecule has 0 saturated carbocycles. The first-order chi connectivity index (χ1) is 23.1. The Labute approximate surface area is 276 Å². The van der Waals surface area contributed by atoms with Gasteiger partial charge in [-0.25, -0.2) is 9.18 Å². The number of hydrogen-bond donors (Lipinski definition) is 0. The molecule has 0 aromatic carbocycles. The summed E-state index contributed by atoms with van der Waals surface area (Å²) in [5, 5.41) is 0. The Hall–Kier alpha value is -3.10. The molecule has 0 bridgehead atoms. The van der Waals surface area contributed by atoms with Crippen LogP contribution in [0.25, 0.3) is 0 Å². The number of carbonyl (C=O) groups is 1. The zero-order valence-electron chi connectivity index (χ0n) is 24.0. The molecule has 1 unspecified atom stereocenters. The van der Waals surface area contributed by atoms with Crippen LogP contribution in [0.2, 0.25) is 0 Å². The minimum atomic E-state index is -10.2. The Kier molecular flexibility index (Phi) is 12.0. The average Bonchev–Trinajstić information content (AvgIpc) is 2.93. The number of ether oxygens (including phenoxy) is 1. The van der Waals surface area contributed by atoms with Gasteiger partial charge in [0.15, 0.2) is 0 Å². The quantitative estimate of drug-likeness (QED) is 0.0986. The van der Waals surface area contributed by atoms with E-state index in [2.05, 4.69) is 0 Å². The Morgan fingerprint density at radius 2 is 0.527 bits per heavy atom. The molecule has 0 saturated heterocycles. The predicted octanol–water partition coefficient (Wildman–Crippen LogP) is 11.2. The van der Waals surface area contributed by atoms with Gasteiger partial charge in [0.2, 0.25) is 0 Å². The van der Waals surface area contributed by atoms with Crippen molar-refractivity contribution in [1.82, 2.24) is 0 Å². The zero-order chi connectivity index (χ0) is 45.9. The van der Waals surface area contributed by atoms with Crippen molar-refractivity contribution in [3.05, 3.63) is 12.2 Å². The summed E-state index contributed by atoms with van der Waals surface area (Å²) in [6.07, 6.45) is -26.2. The van der Waals surface area contributed by atoms with Crippen LogP contribution in [-0.4, -0.2) is 101 Å². The fourth-order valence-corrected chi connectivity index (χ4v) is 3.24. The van der Waals surface area contributed by atoms with E-state index in [-0.39, 0.29) is 0 Å². The summed E-state index contributed by atoms with van der Waals surface area (Å²) in [6, 6.07) is 0. The van der Waals surface area contributed by atoms with Crippen molar-refractivity contribution in [2.24, 2.45) is 0 Å². The number of hydrogen-bond acceptors (Lipinski definition) is 2. The highest BCUT2D eigenvalue weighted by atomic mass is 19.4. The van der Waals surface area contributed by atoms with Crippen molar-refractivity contribution in [2.75, 3.05) is 0 Å². The summed E-state index contributed by atoms with van der Waals surface area (Å²) in [6.45, 7) is 1.48. The van der Waals surface area contributed by atoms with Gasteiger partial charge in [-0.2, -0.15) is 140 Å². The third-order valence-corrected chi connectivity index (χ3v) is 6.51. The van der Waals surface area contributed by atoms with Gasteiger partial charge in [0.25, 0.3) is 0 Å². The average molecular weight is 904 g/mol. The van der Waals surface area contributed by atoms with Crippen molar-refractivity contribution in [3.8, 4) is 0 Å². The van der Waals surface area contributed by atoms with E-state index in [0.29, 0.717) is 0 Å². The Balaban J connectivity index is 8.48. The first kappa shape index (κ1) is 51.9. The van der Waals surface area contributed by atoms with Crippen LogP contribution in [0.1, 0.15) is 6.92 Å². The fraction of sp³-hybridized carbons (Fsp3) is 0.850. The molecule has 0 N–H and O–H groups in total. The van der Waals surface area contributed by atoms with Gasteiger partial charge in [-0.1, -0.05) is 6.58 Å². The molecule has 0 aliphatic rings. The number of alkyl halides is 33. The summed E-state index contributed by atoms with van der Waals surface area (Å²) < 4.78 is 450. The maximum Gasteiger partial charge on any atom is 0.460 e. The van der Waals surface area contributed by atoms with E-state index in [4.69, 9.17) is 0 Å². The standard InChI is InChI=1S/C20H5F33O2/c1-3(2)4(54)55-17(44,14(38,39)11(32,33)7(24,25)6(22,23)5(21,18(45,46)47)19(48,49)50)15(40,41)12(34,35)9(28,29)8(26,27)10(30,31)13(36,37)16(42,43)20(51,52)53/h1H2,2H3. The van der Waals surface area contributed by atoms with Crippen LogP contribution in [0.4, 0.5) is 145 Å². The highest BCUT2D eigenvalue weighted by Gasteiger charge is 3.03. The lowest BCUT2D eigenvalue weighted by Crippen LogP contribution is -2.82. The van der Waals surface area contributed by atoms with Crippen LogP contribution in [0, 0.1) is 0 Å². The second kappa shape index (κ2) is 12.7. The van der Waals surface area contributed by atoms with Gasteiger partial charge in [0.05, 0.1) is 0 Å². The molecular formula is C20H5F33O2. The lowest BCUT2D eigenvalue weighted by molar-refractivity contribution is -0.501. The van der Waals surface area contributed by atoms with Crippen molar-refractivity contribution >= 4 is 5.97 Å². The fourth-order valence-electron chi connectivity index (χ4n) is 3.24. The number of carbonyl (C=O) groups excluding carboxylic acids is 1. The second-order valence-electron chi connectivity index (χ2n) is 10.2. The van der Waals surface area contributed by atoms with E-state index in [0.717, 1.165) is 0 Å². The summed E-state index contributed by atoms with van der Waals surface area (Å²) in [5.41, 5.74) is -11.8. The third kappa shape index (κ3) is 6.13. The maximum absolute atomic E-state index is 15.2. The number of esters is 1. The first-order valence-electron chi connectivity index (χ1n) is 11.7. The monoisotopic (exact) mass is 904 g/mol. The van der Waals surface area contributed by atoms with Gasteiger partial charge < -0.3 is 4.74 Å². The minimum absolute atomic E-state index is 0.422. The van der Waals surface area contributed by atoms with Crippen LogP contribution >= 0.6 is 0 Å². The lowest BCUT2D eigenvalue weighted by atomic mass is 9.80. The summed E-state index contributed by atoms with van der Waals surface area (Å²) >= 11 is 0. The van der Waals surface area contributed by atoms with Crippen LogP contribution in [0.5, 0.6) is 0 Å². The topological polar surface area (TPSA) is 26.3 Å². The molecule has 55 heavy (non-hydrogen) atoms. The van der Waals surface area contributed by atoms with Crippen LogP contribution in [0.3, 0.4) is 0 Å². The highest BCUT2D eigenvalue weighted by molar-refractivity contribution is 5.87. The predicted molar refractivity (Wildman–Crippen MR) is 101 cm³/mol. The molecule has 0 spiro atoms. The molecule has 328 valence electrons. The van der Waals surface area contributed by atoms with Crippen molar-refractivity contribution < 1.29 is 154 Å². The molecular weight excluding hydrogens is 899 g/mol. The first-order valence-corrected chi connectivity index (χ1v) is 11.7. The molecule has 0 fully saturated rings. The second-order valence-corrected chi connectivity index (χ2v) is 10.2. The molecule has 35 heteroatoms. The van der Waals surface area contributed by atoms with Crippen LogP contribution in [0.15, 0.2) is 12.2 Å². The molecule has 0 heterocycles. The SMILES string of the molecule is C=C(C)C(=O)OC(F)(C(F)(F)C(F)(F)C(F)(F)C(F)(F)C(F)(F)C(F)(F)C(F)(F)C(F)(F)F)C(F)(F)C(F)(F)C(F)(F)C(F)(F)C(F)(C(F)(F)F)C(F)(F)F. The van der Waals surface area contributed by atoms with E-state index in [1.807, 2.05) is 6.58 Å². The van der Waals surface area contributed by atoms with Gasteiger partial charge in [-0.3, -0.25) is 0 Å². The van der Waals surface area contributed by atoms with Gasteiger partial charge >= 0.3 is 101 Å². The van der Waals surface area contributed by atoms with Crippen molar-refractivity contribution in [1.29, 1.82) is 0 Å². The van der Waals surface area contributed by atoms with Gasteiger partial charge in [-0.15, -0.1) is 0 Å². The highest BCUT2D eigenvalue weighted by Crippen LogP contribution is 2.70. The smallest absolute Gasteiger partial charge is 0.413 e. The lowest BCUT2D eigenvalue weighted by Gasteiger charge is -2.48. The molecule has 0 amide bonds. The molecule has 0 aliphatic heterocycles. The molecule has 2 nitrogen and oxygen atoms in total. The van der Waals surface area contributed by atoms with E-state index in [1.165, 1.54) is 0 Å². The summed E-state index contributed by atoms with van der Waals surface area (Å²) in [5.74, 6) is -122. The van der Waals surface area contributed by atoms with Crippen LogP contribution < -0.4 is 0 Å². The number of halogens is 33. The van der Waals surface area contributed by atoms with Gasteiger partial charge in [0, 0.05) is 5.57 Å². The summed E-state index contributed by atoms with van der Waals surface area (Å²) in [7, 11) is 0. The van der Waals surface area contributed by atoms with E-state index < -0.39 is 114 Å². The Morgan fingerprint density at radius 1 is 0.327 bits per heavy atom. The minimum Gasteiger partial charge on any atom is -0.413 e. The number of rotatable bonds is 14. The van der Waals surface area contributed by atoms with Gasteiger partial charge in [-0.05, 0) is 6.92 Å². The largest absolute Gasteiger partial charge is 0.460 e. The van der Waals surface area contributed by atoms with E-state index in [9.17, 15) is 145 Å². The van der Waals surface area contributed by atoms with Crippen LogP contribution in [-0.2, 0) is 9.53 Å². The molecule has 0 aromatic rings. The zero-order valence-corrected chi connectivity index (χ0v) is 24.0. The van der Waals surface area contributed by atoms with Crippen molar-refractivity contribution in [3.63, 3.8) is 0 Å². The molecule has 0 aliphatic carbocycles. The third-order valence-electron chi connectivity index (χ3n) is 6.51. The molecule has 0 radical (unpaired) electrons. The Bertz CT molecular complexity index is 1440. The normalized spacial score (nSPS) is 17.6. The molecule has 0 rings (SSSR count). The van der Waals surface area contributed by atoms with Gasteiger partial charge in [0.1, 0.15) is 0 Å². The van der Waals surface area contributed by atoms with E-state index in [1.54, 1.807) is 4.74 Å². The van der Waals surface area contributed by atoms with E-state index >= 15 is 4.39 Å². The summed E-state index contributed by atoms with van der Waals surface area (Å²) in [4.78, 5) is 11.4. The molecule has 0 aromatic heterocycles. The van der Waals surface area contributed by atoms with Crippen molar-refractivity contribution in [2.45, 2.75) is 102 Å². The maximum atomic E-state index is 15.2. The molecule has 1 atom stereocenters. The Morgan fingerprint density at radius 3 is 0.727 bits per heavy atom.